The molecule has 120 valence electrons. The predicted molar refractivity (Wildman–Crippen MR) is 92.5 cm³/mol. The van der Waals surface area contributed by atoms with Gasteiger partial charge in [0.15, 0.2) is 0 Å². The number of rotatable bonds is 3. The van der Waals surface area contributed by atoms with Crippen molar-refractivity contribution in [3.05, 3.63) is 59.4 Å². The molecule has 2 aromatic rings. The van der Waals surface area contributed by atoms with Crippen molar-refractivity contribution in [3.8, 4) is 0 Å². The summed E-state index contributed by atoms with van der Waals surface area (Å²) < 4.78 is 13.5. The topological polar surface area (TPSA) is 41.1 Å². The maximum Gasteiger partial charge on any atom is 0.319 e. The molecule has 23 heavy (non-hydrogen) atoms. The fourth-order valence-corrected chi connectivity index (χ4v) is 3.82. The van der Waals surface area contributed by atoms with Crippen LogP contribution in [0, 0.1) is 5.82 Å². The van der Waals surface area contributed by atoms with Gasteiger partial charge in [-0.3, -0.25) is 0 Å². The summed E-state index contributed by atoms with van der Waals surface area (Å²) in [6.07, 6.45) is 1.72. The Bertz CT molecular complexity index is 720. The highest BCUT2D eigenvalue weighted by molar-refractivity contribution is 7.99. The van der Waals surface area contributed by atoms with Crippen LogP contribution in [-0.2, 0) is 6.42 Å². The number of amides is 2. The number of halogens is 1. The summed E-state index contributed by atoms with van der Waals surface area (Å²) in [4.78, 5) is 13.3. The van der Waals surface area contributed by atoms with E-state index in [9.17, 15) is 9.18 Å². The second kappa shape index (κ2) is 7.04. The van der Waals surface area contributed by atoms with Gasteiger partial charge in [-0.2, -0.15) is 0 Å². The first-order valence-electron chi connectivity index (χ1n) is 7.74. The van der Waals surface area contributed by atoms with E-state index < -0.39 is 0 Å². The number of hydrogen-bond donors (Lipinski definition) is 2. The highest BCUT2D eigenvalue weighted by Crippen LogP contribution is 2.36. The van der Waals surface area contributed by atoms with Gasteiger partial charge in [0.2, 0.25) is 0 Å². The van der Waals surface area contributed by atoms with Crippen molar-refractivity contribution in [1.29, 1.82) is 0 Å². The molecule has 2 N–H and O–H groups in total. The number of hydrogen-bond acceptors (Lipinski definition) is 2. The number of thioether (sulfide) groups is 1. The minimum Gasteiger partial charge on any atom is -0.331 e. The molecule has 3 nitrogen and oxygen atoms in total. The van der Waals surface area contributed by atoms with Crippen LogP contribution in [0.15, 0.2) is 47.4 Å². The van der Waals surface area contributed by atoms with Crippen molar-refractivity contribution in [2.75, 3.05) is 11.1 Å². The van der Waals surface area contributed by atoms with E-state index in [4.69, 9.17) is 0 Å². The van der Waals surface area contributed by atoms with E-state index in [1.807, 2.05) is 24.3 Å². The van der Waals surface area contributed by atoms with Crippen molar-refractivity contribution in [2.45, 2.75) is 30.7 Å². The minimum absolute atomic E-state index is 0.156. The molecule has 2 amide bonds. The Labute approximate surface area is 139 Å². The Morgan fingerprint density at radius 2 is 2.17 bits per heavy atom. The van der Waals surface area contributed by atoms with Gasteiger partial charge >= 0.3 is 6.03 Å². The minimum atomic E-state index is -0.269. The number of fused-ring (bicyclic) bond motifs is 1. The van der Waals surface area contributed by atoms with Gasteiger partial charge < -0.3 is 10.6 Å². The number of aryl methyl sites for hydroxylation is 1. The number of benzene rings is 2. The summed E-state index contributed by atoms with van der Waals surface area (Å²) in [6, 6.07) is 12.1. The summed E-state index contributed by atoms with van der Waals surface area (Å²) in [5.41, 5.74) is 2.80. The molecule has 1 heterocycles. The van der Waals surface area contributed by atoms with E-state index in [1.54, 1.807) is 17.8 Å². The zero-order valence-corrected chi connectivity index (χ0v) is 13.8. The third kappa shape index (κ3) is 3.85. The van der Waals surface area contributed by atoms with Crippen LogP contribution < -0.4 is 10.6 Å². The van der Waals surface area contributed by atoms with Crippen molar-refractivity contribution >= 4 is 23.5 Å². The molecule has 1 aliphatic heterocycles. The lowest BCUT2D eigenvalue weighted by Crippen LogP contribution is -2.34. The second-order valence-corrected chi connectivity index (χ2v) is 6.66. The number of carbonyl (C=O) groups excluding carboxylic acids is 1. The van der Waals surface area contributed by atoms with Crippen LogP contribution >= 0.6 is 11.8 Å². The highest BCUT2D eigenvalue weighted by Gasteiger charge is 2.22. The first-order chi connectivity index (χ1) is 11.2. The van der Waals surface area contributed by atoms with E-state index in [1.165, 1.54) is 17.7 Å². The maximum absolute atomic E-state index is 13.5. The summed E-state index contributed by atoms with van der Waals surface area (Å²) in [5.74, 6) is 0.642. The van der Waals surface area contributed by atoms with Gasteiger partial charge in [-0.1, -0.05) is 19.1 Å². The van der Waals surface area contributed by atoms with Gasteiger partial charge in [-0.25, -0.2) is 9.18 Å². The Kier molecular flexibility index (Phi) is 4.86. The highest BCUT2D eigenvalue weighted by atomic mass is 32.2. The van der Waals surface area contributed by atoms with Crippen molar-refractivity contribution in [2.24, 2.45) is 0 Å². The molecule has 3 rings (SSSR count). The number of nitrogens with one attached hydrogen (secondary N) is 2. The Balaban J connectivity index is 1.70. The summed E-state index contributed by atoms with van der Waals surface area (Å²) in [5, 5.41) is 5.82. The summed E-state index contributed by atoms with van der Waals surface area (Å²) >= 11 is 1.70. The normalized spacial score (nSPS) is 16.5. The van der Waals surface area contributed by atoms with E-state index in [0.717, 1.165) is 34.7 Å². The molecule has 0 radical (unpaired) electrons. The van der Waals surface area contributed by atoms with Gasteiger partial charge in [0.25, 0.3) is 0 Å². The molecular formula is C18H19FN2OS. The zero-order valence-electron chi connectivity index (χ0n) is 12.9. The van der Waals surface area contributed by atoms with Gasteiger partial charge in [0.1, 0.15) is 5.82 Å². The number of urea groups is 1. The van der Waals surface area contributed by atoms with Crippen molar-refractivity contribution in [3.63, 3.8) is 0 Å². The molecule has 0 bridgehead atoms. The second-order valence-electron chi connectivity index (χ2n) is 5.52. The van der Waals surface area contributed by atoms with Crippen LogP contribution in [0.1, 0.15) is 30.5 Å². The standard InChI is InChI=1S/C18H19FN2OS/c1-2-12-4-3-5-14(10-12)20-18(22)21-16-8-9-23-17-7-6-13(19)11-15(16)17/h3-7,10-11,16H,2,8-9H2,1H3,(H2,20,21,22). The van der Waals surface area contributed by atoms with Gasteiger partial charge in [0, 0.05) is 16.3 Å². The molecule has 5 heteroatoms. The van der Waals surface area contributed by atoms with E-state index in [0.29, 0.717) is 0 Å². The van der Waals surface area contributed by atoms with Crippen LogP contribution in [0.2, 0.25) is 0 Å². The van der Waals surface area contributed by atoms with Crippen LogP contribution in [0.5, 0.6) is 0 Å². The lowest BCUT2D eigenvalue weighted by Gasteiger charge is -2.26. The van der Waals surface area contributed by atoms with E-state index in [2.05, 4.69) is 17.6 Å². The molecule has 0 spiro atoms. The number of anilines is 1. The summed E-state index contributed by atoms with van der Waals surface area (Å²) in [6.45, 7) is 2.07. The van der Waals surface area contributed by atoms with E-state index >= 15 is 0 Å². The maximum atomic E-state index is 13.5. The third-order valence-corrected chi connectivity index (χ3v) is 5.03. The van der Waals surface area contributed by atoms with Crippen molar-refractivity contribution < 1.29 is 9.18 Å². The van der Waals surface area contributed by atoms with Gasteiger partial charge in [-0.15, -0.1) is 11.8 Å². The molecule has 0 aliphatic carbocycles. The molecule has 0 saturated carbocycles. The lowest BCUT2D eigenvalue weighted by molar-refractivity contribution is 0.248. The van der Waals surface area contributed by atoms with E-state index in [-0.39, 0.29) is 17.9 Å². The average Bonchev–Trinajstić information content (AvgIpc) is 2.55. The average molecular weight is 330 g/mol. The first-order valence-corrected chi connectivity index (χ1v) is 8.73. The monoisotopic (exact) mass is 330 g/mol. The number of carbonyl (C=O) groups is 1. The lowest BCUT2D eigenvalue weighted by atomic mass is 10.0. The molecule has 1 aliphatic rings. The Hall–Kier alpha value is -2.01. The zero-order chi connectivity index (χ0) is 16.2. The third-order valence-electron chi connectivity index (χ3n) is 3.91. The fraction of sp³-hybridized carbons (Fsp3) is 0.278. The molecule has 0 aromatic heterocycles. The van der Waals surface area contributed by atoms with Gasteiger partial charge in [-0.05, 0) is 54.3 Å². The quantitative estimate of drug-likeness (QED) is 0.853. The van der Waals surface area contributed by atoms with Crippen LogP contribution in [0.3, 0.4) is 0 Å². The summed E-state index contributed by atoms with van der Waals surface area (Å²) in [7, 11) is 0. The fourth-order valence-electron chi connectivity index (χ4n) is 2.71. The molecule has 2 aromatic carbocycles. The smallest absolute Gasteiger partial charge is 0.319 e. The molecule has 0 fully saturated rings. The van der Waals surface area contributed by atoms with Gasteiger partial charge in [0.05, 0.1) is 6.04 Å². The van der Waals surface area contributed by atoms with Crippen LogP contribution in [0.4, 0.5) is 14.9 Å². The SMILES string of the molecule is CCc1cccc(NC(=O)NC2CCSc3ccc(F)cc32)c1. The molecule has 0 saturated heterocycles. The van der Waals surface area contributed by atoms with Crippen LogP contribution in [-0.4, -0.2) is 11.8 Å². The predicted octanol–water partition coefficient (Wildman–Crippen LogP) is 4.75. The molecular weight excluding hydrogens is 311 g/mol. The molecule has 1 atom stereocenters. The Morgan fingerprint density at radius 1 is 1.30 bits per heavy atom. The van der Waals surface area contributed by atoms with Crippen molar-refractivity contribution in [1.82, 2.24) is 5.32 Å². The first kappa shape index (κ1) is 15.9. The largest absolute Gasteiger partial charge is 0.331 e. The van der Waals surface area contributed by atoms with Crippen LogP contribution in [0.25, 0.3) is 0 Å². The Morgan fingerprint density at radius 3 is 3.00 bits per heavy atom. The molecule has 1 unspecified atom stereocenters.